The summed E-state index contributed by atoms with van der Waals surface area (Å²) in [6.07, 6.45) is 5.16. The second-order valence-electron chi connectivity index (χ2n) is 5.29. The van der Waals surface area contributed by atoms with Crippen LogP contribution in [0.25, 0.3) is 0 Å². The van der Waals surface area contributed by atoms with Crippen molar-refractivity contribution in [1.29, 1.82) is 0 Å². The normalized spacial score (nSPS) is 14.8. The molecule has 0 aliphatic heterocycles. The second kappa shape index (κ2) is 5.97. The molecular formula is C15H15BrFN3O. The fourth-order valence-electron chi connectivity index (χ4n) is 2.29. The number of halogens is 2. The van der Waals surface area contributed by atoms with Crippen LogP contribution >= 0.6 is 15.9 Å². The van der Waals surface area contributed by atoms with Crippen molar-refractivity contribution in [3.63, 3.8) is 0 Å². The molecule has 1 aromatic heterocycles. The van der Waals surface area contributed by atoms with Crippen LogP contribution in [0.4, 0.5) is 10.1 Å². The quantitative estimate of drug-likeness (QED) is 0.920. The molecule has 1 aliphatic rings. The molecule has 1 heterocycles. The molecule has 0 saturated heterocycles. The molecule has 0 amide bonds. The zero-order valence-corrected chi connectivity index (χ0v) is 12.9. The van der Waals surface area contributed by atoms with Crippen molar-refractivity contribution < 1.29 is 4.39 Å². The topological polar surface area (TPSA) is 46.9 Å². The predicted molar refractivity (Wildman–Crippen MR) is 83.0 cm³/mol. The summed E-state index contributed by atoms with van der Waals surface area (Å²) in [6, 6.07) is 6.56. The molecule has 0 atom stereocenters. The molecule has 110 valence electrons. The molecule has 6 heteroatoms. The minimum Gasteiger partial charge on any atom is -0.381 e. The van der Waals surface area contributed by atoms with Crippen LogP contribution in [0.15, 0.2) is 39.7 Å². The molecule has 1 aromatic carbocycles. The summed E-state index contributed by atoms with van der Waals surface area (Å²) in [5.74, 6) is -0.337. The fourth-order valence-corrected chi connectivity index (χ4v) is 2.81. The Labute approximate surface area is 130 Å². The number of nitrogens with one attached hydrogen (secondary N) is 1. The molecule has 1 fully saturated rings. The Balaban J connectivity index is 1.77. The number of rotatable bonds is 4. The highest BCUT2D eigenvalue weighted by molar-refractivity contribution is 9.10. The van der Waals surface area contributed by atoms with Crippen LogP contribution in [0.2, 0.25) is 0 Å². The second-order valence-corrected chi connectivity index (χ2v) is 6.21. The third-order valence-corrected chi connectivity index (χ3v) is 4.06. The van der Waals surface area contributed by atoms with E-state index in [9.17, 15) is 9.18 Å². The predicted octanol–water partition coefficient (Wildman–Crippen LogP) is 3.16. The van der Waals surface area contributed by atoms with Crippen LogP contribution in [0.5, 0.6) is 0 Å². The van der Waals surface area contributed by atoms with Gasteiger partial charge in [0, 0.05) is 16.6 Å². The SMILES string of the molecule is O=c1cc(NC2CCC2)cnn1Cc1cc(F)cc(Br)c1. The molecule has 0 spiro atoms. The summed E-state index contributed by atoms with van der Waals surface area (Å²) >= 11 is 3.24. The van der Waals surface area contributed by atoms with Gasteiger partial charge in [0.1, 0.15) is 5.82 Å². The molecule has 0 radical (unpaired) electrons. The van der Waals surface area contributed by atoms with E-state index in [1.165, 1.54) is 23.2 Å². The fraction of sp³-hybridized carbons (Fsp3) is 0.333. The summed E-state index contributed by atoms with van der Waals surface area (Å²) in [4.78, 5) is 12.1. The third-order valence-electron chi connectivity index (χ3n) is 3.60. The Morgan fingerprint density at radius 2 is 2.14 bits per heavy atom. The first kappa shape index (κ1) is 14.3. The molecule has 0 bridgehead atoms. The van der Waals surface area contributed by atoms with Crippen molar-refractivity contribution in [3.8, 4) is 0 Å². The average molecular weight is 352 g/mol. The van der Waals surface area contributed by atoms with Crippen LogP contribution in [-0.4, -0.2) is 15.8 Å². The number of aromatic nitrogens is 2. The highest BCUT2D eigenvalue weighted by Crippen LogP contribution is 2.22. The van der Waals surface area contributed by atoms with Crippen LogP contribution in [0, 0.1) is 5.82 Å². The van der Waals surface area contributed by atoms with E-state index in [1.807, 2.05) is 0 Å². The minimum atomic E-state index is -0.337. The number of anilines is 1. The number of nitrogens with zero attached hydrogens (tertiary/aromatic N) is 2. The van der Waals surface area contributed by atoms with Gasteiger partial charge in [-0.1, -0.05) is 15.9 Å². The summed E-state index contributed by atoms with van der Waals surface area (Å²) in [7, 11) is 0. The van der Waals surface area contributed by atoms with Crippen molar-refractivity contribution in [2.75, 3.05) is 5.32 Å². The van der Waals surface area contributed by atoms with E-state index in [1.54, 1.807) is 18.3 Å². The highest BCUT2D eigenvalue weighted by atomic mass is 79.9. The first-order valence-corrected chi connectivity index (χ1v) is 7.68. The molecule has 21 heavy (non-hydrogen) atoms. The molecule has 2 aromatic rings. The van der Waals surface area contributed by atoms with Crippen molar-refractivity contribution in [1.82, 2.24) is 9.78 Å². The lowest BCUT2D eigenvalue weighted by atomic mass is 9.93. The van der Waals surface area contributed by atoms with Crippen LogP contribution in [0.3, 0.4) is 0 Å². The van der Waals surface area contributed by atoms with Crippen molar-refractivity contribution in [2.45, 2.75) is 31.8 Å². The Morgan fingerprint density at radius 1 is 1.33 bits per heavy atom. The van der Waals surface area contributed by atoms with Gasteiger partial charge in [-0.3, -0.25) is 4.79 Å². The smallest absolute Gasteiger partial charge is 0.269 e. The van der Waals surface area contributed by atoms with Crippen molar-refractivity contribution in [3.05, 3.63) is 56.7 Å². The summed E-state index contributed by atoms with van der Waals surface area (Å²) in [5.41, 5.74) is 1.25. The lowest BCUT2D eigenvalue weighted by Gasteiger charge is -2.27. The molecule has 4 nitrogen and oxygen atoms in total. The summed E-state index contributed by atoms with van der Waals surface area (Å²) < 4.78 is 15.3. The van der Waals surface area contributed by atoms with E-state index >= 15 is 0 Å². The van der Waals surface area contributed by atoms with E-state index in [2.05, 4.69) is 26.3 Å². The van der Waals surface area contributed by atoms with E-state index in [4.69, 9.17) is 0 Å². The van der Waals surface area contributed by atoms with Gasteiger partial charge in [-0.2, -0.15) is 5.10 Å². The van der Waals surface area contributed by atoms with Gasteiger partial charge in [-0.05, 0) is 43.0 Å². The van der Waals surface area contributed by atoms with Crippen LogP contribution in [0.1, 0.15) is 24.8 Å². The van der Waals surface area contributed by atoms with Crippen molar-refractivity contribution >= 4 is 21.6 Å². The zero-order valence-electron chi connectivity index (χ0n) is 11.4. The van der Waals surface area contributed by atoms with E-state index in [-0.39, 0.29) is 17.9 Å². The zero-order chi connectivity index (χ0) is 14.8. The first-order chi connectivity index (χ1) is 10.1. The van der Waals surface area contributed by atoms with Gasteiger partial charge < -0.3 is 5.32 Å². The highest BCUT2D eigenvalue weighted by Gasteiger charge is 2.17. The molecule has 1 N–H and O–H groups in total. The molecule has 1 saturated carbocycles. The van der Waals surface area contributed by atoms with E-state index in [0.29, 0.717) is 16.1 Å². The van der Waals surface area contributed by atoms with Gasteiger partial charge in [0.25, 0.3) is 5.56 Å². The first-order valence-electron chi connectivity index (χ1n) is 6.89. The minimum absolute atomic E-state index is 0.195. The number of benzene rings is 1. The summed E-state index contributed by atoms with van der Waals surface area (Å²) in [5, 5.41) is 7.43. The van der Waals surface area contributed by atoms with Gasteiger partial charge in [0.15, 0.2) is 0 Å². The molecule has 3 rings (SSSR count). The van der Waals surface area contributed by atoms with Gasteiger partial charge in [0.2, 0.25) is 0 Å². The Bertz CT molecular complexity index is 692. The van der Waals surface area contributed by atoms with E-state index in [0.717, 1.165) is 18.5 Å². The van der Waals surface area contributed by atoms with Crippen LogP contribution < -0.4 is 10.9 Å². The Kier molecular flexibility index (Phi) is 4.05. The third kappa shape index (κ3) is 3.50. The maximum absolute atomic E-state index is 13.3. The lowest BCUT2D eigenvalue weighted by Crippen LogP contribution is -2.29. The molecular weight excluding hydrogens is 337 g/mol. The lowest BCUT2D eigenvalue weighted by molar-refractivity contribution is 0.445. The van der Waals surface area contributed by atoms with Gasteiger partial charge in [-0.15, -0.1) is 0 Å². The molecule has 0 unspecified atom stereocenters. The largest absolute Gasteiger partial charge is 0.381 e. The Hall–Kier alpha value is -1.69. The Morgan fingerprint density at radius 3 is 2.76 bits per heavy atom. The number of hydrogen-bond acceptors (Lipinski definition) is 3. The standard InChI is InChI=1S/C15H15BrFN3O/c16-11-4-10(5-12(17)6-11)9-20-15(21)7-14(8-18-20)19-13-2-1-3-13/h4-8,13,19H,1-3,9H2. The maximum Gasteiger partial charge on any atom is 0.269 e. The maximum atomic E-state index is 13.3. The number of hydrogen-bond donors (Lipinski definition) is 1. The van der Waals surface area contributed by atoms with Crippen LogP contribution in [-0.2, 0) is 6.54 Å². The van der Waals surface area contributed by atoms with Gasteiger partial charge in [0.05, 0.1) is 18.4 Å². The average Bonchev–Trinajstić information content (AvgIpc) is 2.36. The monoisotopic (exact) mass is 351 g/mol. The molecule has 1 aliphatic carbocycles. The summed E-state index contributed by atoms with van der Waals surface area (Å²) in [6.45, 7) is 0.249. The van der Waals surface area contributed by atoms with E-state index < -0.39 is 0 Å². The van der Waals surface area contributed by atoms with Crippen molar-refractivity contribution in [2.24, 2.45) is 0 Å². The van der Waals surface area contributed by atoms with Gasteiger partial charge in [-0.25, -0.2) is 9.07 Å². The van der Waals surface area contributed by atoms with Gasteiger partial charge >= 0.3 is 0 Å².